The van der Waals surface area contributed by atoms with Gasteiger partial charge in [0, 0.05) is 12.5 Å². The van der Waals surface area contributed by atoms with Crippen LogP contribution in [0, 0.1) is 13.8 Å². The quantitative estimate of drug-likeness (QED) is 0.623. The molecule has 0 saturated carbocycles. The lowest BCUT2D eigenvalue weighted by Crippen LogP contribution is -2.21. The lowest BCUT2D eigenvalue weighted by atomic mass is 9.92. The maximum absolute atomic E-state index is 6.24. The molecule has 0 aliphatic heterocycles. The lowest BCUT2D eigenvalue weighted by molar-refractivity contribution is 0.325. The Hall–Kier alpha value is -2.16. The van der Waals surface area contributed by atoms with Crippen LogP contribution in [-0.4, -0.2) is 16.4 Å². The minimum atomic E-state index is -0.707. The van der Waals surface area contributed by atoms with Crippen molar-refractivity contribution < 1.29 is 4.43 Å². The van der Waals surface area contributed by atoms with Gasteiger partial charge in [0.15, 0.2) is 9.76 Å². The predicted molar refractivity (Wildman–Crippen MR) is 105 cm³/mol. The molecule has 3 aromatic rings. The van der Waals surface area contributed by atoms with Crippen LogP contribution in [0.2, 0.25) is 0 Å². The van der Waals surface area contributed by atoms with E-state index in [-0.39, 0.29) is 0 Å². The molecule has 0 unspecified atom stereocenters. The third-order valence-electron chi connectivity index (χ3n) is 4.24. The van der Waals surface area contributed by atoms with E-state index in [2.05, 4.69) is 92.7 Å². The first kappa shape index (κ1) is 16.7. The summed E-state index contributed by atoms with van der Waals surface area (Å²) >= 11 is 0. The SMILES string of the molecule is Cc1cc(C)cc([SiH2]OCC(c2ccccc2)c2ccccc2)c1. The van der Waals surface area contributed by atoms with E-state index < -0.39 is 9.76 Å². The predicted octanol–water partition coefficient (Wildman–Crippen LogP) is 3.86. The summed E-state index contributed by atoms with van der Waals surface area (Å²) in [4.78, 5) is 0. The topological polar surface area (TPSA) is 9.23 Å². The average Bonchev–Trinajstić information content (AvgIpc) is 2.59. The Kier molecular flexibility index (Phi) is 5.62. The van der Waals surface area contributed by atoms with Crippen molar-refractivity contribution in [3.63, 3.8) is 0 Å². The van der Waals surface area contributed by atoms with Crippen LogP contribution >= 0.6 is 0 Å². The van der Waals surface area contributed by atoms with E-state index in [0.717, 1.165) is 6.61 Å². The summed E-state index contributed by atoms with van der Waals surface area (Å²) in [5.74, 6) is 0.297. The second-order valence-electron chi connectivity index (χ2n) is 6.39. The summed E-state index contributed by atoms with van der Waals surface area (Å²) in [5, 5.41) is 1.38. The summed E-state index contributed by atoms with van der Waals surface area (Å²) in [5.41, 5.74) is 5.28. The van der Waals surface area contributed by atoms with Gasteiger partial charge in [-0.05, 0) is 30.2 Å². The molecule has 0 aliphatic rings. The number of rotatable bonds is 6. The Labute approximate surface area is 147 Å². The third kappa shape index (κ3) is 4.44. The van der Waals surface area contributed by atoms with Gasteiger partial charge in [-0.25, -0.2) is 0 Å². The fraction of sp³-hybridized carbons (Fsp3) is 0.182. The molecule has 0 radical (unpaired) electrons. The molecule has 1 nitrogen and oxygen atoms in total. The molecule has 0 aliphatic carbocycles. The van der Waals surface area contributed by atoms with Gasteiger partial charge in [-0.3, -0.25) is 0 Å². The van der Waals surface area contributed by atoms with Gasteiger partial charge in [-0.1, -0.05) is 90.0 Å². The van der Waals surface area contributed by atoms with Crippen molar-refractivity contribution in [2.24, 2.45) is 0 Å². The molecular formula is C22H24OSi. The van der Waals surface area contributed by atoms with Crippen LogP contribution < -0.4 is 5.19 Å². The van der Waals surface area contributed by atoms with Crippen LogP contribution in [-0.2, 0) is 4.43 Å². The van der Waals surface area contributed by atoms with E-state index in [1.807, 2.05) is 0 Å². The zero-order valence-electron chi connectivity index (χ0n) is 14.4. The van der Waals surface area contributed by atoms with Crippen molar-refractivity contribution in [3.8, 4) is 0 Å². The largest absolute Gasteiger partial charge is 0.418 e. The molecule has 0 aromatic heterocycles. The van der Waals surface area contributed by atoms with Gasteiger partial charge in [-0.2, -0.15) is 0 Å². The van der Waals surface area contributed by atoms with E-state index in [1.54, 1.807) is 0 Å². The van der Waals surface area contributed by atoms with Gasteiger partial charge in [0.2, 0.25) is 0 Å². The van der Waals surface area contributed by atoms with Crippen molar-refractivity contribution in [3.05, 3.63) is 101 Å². The summed E-state index contributed by atoms with van der Waals surface area (Å²) in [6.45, 7) is 5.05. The second-order valence-corrected chi connectivity index (χ2v) is 7.90. The highest BCUT2D eigenvalue weighted by molar-refractivity contribution is 6.47. The minimum Gasteiger partial charge on any atom is -0.418 e. The summed E-state index contributed by atoms with van der Waals surface area (Å²) in [7, 11) is -0.707. The average molecular weight is 333 g/mol. The van der Waals surface area contributed by atoms with E-state index >= 15 is 0 Å². The highest BCUT2D eigenvalue weighted by atomic mass is 28.2. The normalized spacial score (nSPS) is 11.5. The van der Waals surface area contributed by atoms with Crippen LogP contribution in [0.5, 0.6) is 0 Å². The molecule has 3 rings (SSSR count). The van der Waals surface area contributed by atoms with Crippen molar-refractivity contribution in [2.45, 2.75) is 19.8 Å². The summed E-state index contributed by atoms with van der Waals surface area (Å²) in [6.07, 6.45) is 0. The highest BCUT2D eigenvalue weighted by Gasteiger charge is 2.14. The fourth-order valence-corrected chi connectivity index (χ4v) is 4.60. The summed E-state index contributed by atoms with van der Waals surface area (Å²) < 4.78 is 6.24. The first-order valence-corrected chi connectivity index (χ1v) is 9.75. The Morgan fingerprint density at radius 3 is 1.75 bits per heavy atom. The highest BCUT2D eigenvalue weighted by Crippen LogP contribution is 2.24. The van der Waals surface area contributed by atoms with E-state index in [1.165, 1.54) is 27.4 Å². The van der Waals surface area contributed by atoms with Gasteiger partial charge in [-0.15, -0.1) is 0 Å². The van der Waals surface area contributed by atoms with Crippen LogP contribution in [0.25, 0.3) is 0 Å². The van der Waals surface area contributed by atoms with Crippen LogP contribution in [0.1, 0.15) is 28.2 Å². The minimum absolute atomic E-state index is 0.297. The van der Waals surface area contributed by atoms with Crippen molar-refractivity contribution >= 4 is 14.9 Å². The van der Waals surface area contributed by atoms with Crippen molar-refractivity contribution in [1.82, 2.24) is 0 Å². The third-order valence-corrected chi connectivity index (χ3v) is 5.42. The zero-order valence-corrected chi connectivity index (χ0v) is 15.8. The number of benzene rings is 3. The van der Waals surface area contributed by atoms with Gasteiger partial charge in [0.1, 0.15) is 0 Å². The first-order valence-electron chi connectivity index (χ1n) is 8.47. The van der Waals surface area contributed by atoms with Gasteiger partial charge in [0.05, 0.1) is 0 Å². The van der Waals surface area contributed by atoms with Crippen LogP contribution in [0.3, 0.4) is 0 Å². The molecule has 0 heterocycles. The Bertz CT molecular complexity index is 709. The standard InChI is InChI=1S/C22H24OSi/c1-17-13-18(2)15-21(14-17)24-23-16-22(19-9-5-3-6-10-19)20-11-7-4-8-12-20/h3-15,22H,16,24H2,1-2H3. The molecule has 0 atom stereocenters. The summed E-state index contributed by atoms with van der Waals surface area (Å²) in [6, 6.07) is 28.1. The molecule has 0 bridgehead atoms. The molecular weight excluding hydrogens is 308 g/mol. The Morgan fingerprint density at radius 1 is 0.750 bits per heavy atom. The zero-order chi connectivity index (χ0) is 16.8. The number of aryl methyl sites for hydroxylation is 2. The molecule has 24 heavy (non-hydrogen) atoms. The maximum Gasteiger partial charge on any atom is 0.192 e. The van der Waals surface area contributed by atoms with Crippen molar-refractivity contribution in [2.75, 3.05) is 6.61 Å². The second kappa shape index (κ2) is 8.09. The van der Waals surface area contributed by atoms with Gasteiger partial charge in [0.25, 0.3) is 0 Å². The van der Waals surface area contributed by atoms with Crippen molar-refractivity contribution in [1.29, 1.82) is 0 Å². The van der Waals surface area contributed by atoms with E-state index in [0.29, 0.717) is 5.92 Å². The number of hydrogen-bond acceptors (Lipinski definition) is 1. The molecule has 122 valence electrons. The fourth-order valence-electron chi connectivity index (χ4n) is 3.20. The smallest absolute Gasteiger partial charge is 0.192 e. The molecule has 2 heteroatoms. The lowest BCUT2D eigenvalue weighted by Gasteiger charge is -2.18. The van der Waals surface area contributed by atoms with Crippen LogP contribution in [0.15, 0.2) is 78.9 Å². The van der Waals surface area contributed by atoms with Gasteiger partial charge >= 0.3 is 0 Å². The molecule has 0 amide bonds. The Balaban J connectivity index is 1.73. The molecule has 0 N–H and O–H groups in total. The number of hydrogen-bond donors (Lipinski definition) is 0. The van der Waals surface area contributed by atoms with Crippen LogP contribution in [0.4, 0.5) is 0 Å². The monoisotopic (exact) mass is 332 g/mol. The first-order chi connectivity index (χ1) is 11.7. The van der Waals surface area contributed by atoms with E-state index in [4.69, 9.17) is 4.43 Å². The molecule has 0 fully saturated rings. The molecule has 0 saturated heterocycles. The molecule has 0 spiro atoms. The molecule has 3 aromatic carbocycles. The maximum atomic E-state index is 6.24. The Morgan fingerprint density at radius 2 is 1.25 bits per heavy atom. The van der Waals surface area contributed by atoms with Gasteiger partial charge < -0.3 is 4.43 Å². The van der Waals surface area contributed by atoms with E-state index in [9.17, 15) is 0 Å².